The van der Waals surface area contributed by atoms with E-state index in [0.29, 0.717) is 37.5 Å². The van der Waals surface area contributed by atoms with Crippen molar-refractivity contribution in [2.45, 2.75) is 88.8 Å². The van der Waals surface area contributed by atoms with Crippen LogP contribution in [0.3, 0.4) is 0 Å². The first-order chi connectivity index (χ1) is 15.8. The molecule has 5 aliphatic rings. The van der Waals surface area contributed by atoms with Gasteiger partial charge in [-0.2, -0.15) is 0 Å². The number of Topliss-reactive ketones (excluding diaryl/α,β-unsaturated/α-hetero) is 1. The minimum absolute atomic E-state index is 0.101. The van der Waals surface area contributed by atoms with Crippen molar-refractivity contribution in [1.29, 1.82) is 0 Å². The lowest BCUT2D eigenvalue weighted by Crippen LogP contribution is -2.53. The highest BCUT2D eigenvalue weighted by Crippen LogP contribution is 2.67. The molecule has 0 spiro atoms. The van der Waals surface area contributed by atoms with E-state index in [9.17, 15) is 15.0 Å². The fraction of sp³-hybridized carbons (Fsp3) is 0.621. The molecule has 0 amide bonds. The van der Waals surface area contributed by atoms with Crippen molar-refractivity contribution < 1.29 is 19.7 Å². The number of carbonyl (C=O) groups excluding carboxylic acids is 1. The number of benzene rings is 1. The summed E-state index contributed by atoms with van der Waals surface area (Å²) in [6.45, 7) is 4.80. The average molecular weight is 447 g/mol. The largest absolute Gasteiger partial charge is 0.493 e. The lowest BCUT2D eigenvalue weighted by atomic mass is 9.50. The quantitative estimate of drug-likeness (QED) is 0.493. The molecule has 1 heterocycles. The number of fused-ring (bicyclic) bond motifs is 5. The Bertz CT molecular complexity index is 1120. The first-order valence-corrected chi connectivity index (χ1v) is 12.7. The van der Waals surface area contributed by atoms with Gasteiger partial charge < -0.3 is 14.9 Å². The highest BCUT2D eigenvalue weighted by molar-refractivity contribution is 5.82. The second-order valence-electron chi connectivity index (χ2n) is 11.3. The Balaban J connectivity index is 1.54. The third kappa shape index (κ3) is 2.95. The van der Waals surface area contributed by atoms with Gasteiger partial charge in [0, 0.05) is 30.6 Å². The van der Waals surface area contributed by atoms with E-state index in [2.05, 4.69) is 37.0 Å². The number of hydrogen-bond acceptors (Lipinski definition) is 4. The molecule has 4 aliphatic carbocycles. The van der Waals surface area contributed by atoms with Crippen LogP contribution in [-0.4, -0.2) is 33.8 Å². The number of ether oxygens (including phenoxy) is 1. The molecule has 0 saturated heterocycles. The van der Waals surface area contributed by atoms with E-state index in [1.807, 2.05) is 6.92 Å². The van der Waals surface area contributed by atoms with Gasteiger partial charge >= 0.3 is 0 Å². The Hall–Kier alpha value is -2.09. The SMILES string of the molecule is CC#C[C@]1(O)CC[C@H]2[C@@H]3CC[C@@]4(O)CC(=O)CCC4=C3[C@@H](c3ccc4c(c3)OCC4)C[C@@]21C. The Labute approximate surface area is 196 Å². The standard InChI is InChI=1S/C29H34O4/c1-3-11-29(32)13-9-23-21-8-12-28(31)16-20(30)6-7-24(28)26(21)22(17-27(23,29)2)19-5-4-18-10-14-33-25(18)15-19/h4-5,15,21-23,31-32H,6-10,12-14,16-17H2,1-2H3/t21-,22+,23-,27-,28+,29-/m0/s1. The molecule has 1 aliphatic heterocycles. The van der Waals surface area contributed by atoms with E-state index in [0.717, 1.165) is 43.6 Å². The number of hydrogen-bond donors (Lipinski definition) is 2. The molecule has 6 rings (SSSR count). The molecule has 0 radical (unpaired) electrons. The average Bonchev–Trinajstić information content (AvgIpc) is 3.34. The van der Waals surface area contributed by atoms with Crippen molar-refractivity contribution in [3.63, 3.8) is 0 Å². The third-order valence-corrected chi connectivity index (χ3v) is 9.85. The molecule has 0 aromatic heterocycles. The van der Waals surface area contributed by atoms with Gasteiger partial charge in [0.1, 0.15) is 17.1 Å². The summed E-state index contributed by atoms with van der Waals surface area (Å²) < 4.78 is 5.92. The van der Waals surface area contributed by atoms with Gasteiger partial charge in [-0.15, -0.1) is 5.92 Å². The molecule has 0 unspecified atom stereocenters. The van der Waals surface area contributed by atoms with Gasteiger partial charge in [0.25, 0.3) is 0 Å². The molecular weight excluding hydrogens is 412 g/mol. The summed E-state index contributed by atoms with van der Waals surface area (Å²) in [5.74, 6) is 8.14. The molecule has 1 aromatic carbocycles. The maximum atomic E-state index is 12.3. The Morgan fingerprint density at radius 2 is 1.97 bits per heavy atom. The first-order valence-electron chi connectivity index (χ1n) is 12.7. The molecule has 2 N–H and O–H groups in total. The highest BCUT2D eigenvalue weighted by atomic mass is 16.5. The molecule has 4 heteroatoms. The topological polar surface area (TPSA) is 66.8 Å². The van der Waals surface area contributed by atoms with E-state index in [-0.39, 0.29) is 23.5 Å². The summed E-state index contributed by atoms with van der Waals surface area (Å²) in [7, 11) is 0. The van der Waals surface area contributed by atoms with E-state index < -0.39 is 11.2 Å². The maximum absolute atomic E-state index is 12.3. The molecule has 3 saturated carbocycles. The van der Waals surface area contributed by atoms with Crippen LogP contribution in [0.1, 0.15) is 82.3 Å². The summed E-state index contributed by atoms with van der Waals surface area (Å²) >= 11 is 0. The zero-order chi connectivity index (χ0) is 23.0. The van der Waals surface area contributed by atoms with Crippen LogP contribution in [0.2, 0.25) is 0 Å². The van der Waals surface area contributed by atoms with Crippen LogP contribution >= 0.6 is 0 Å². The summed E-state index contributed by atoms with van der Waals surface area (Å²) in [4.78, 5) is 12.3. The minimum atomic E-state index is -0.988. The Morgan fingerprint density at radius 3 is 2.79 bits per heavy atom. The lowest BCUT2D eigenvalue weighted by Gasteiger charge is -2.55. The van der Waals surface area contributed by atoms with Crippen LogP contribution in [0.4, 0.5) is 0 Å². The molecule has 6 atom stereocenters. The van der Waals surface area contributed by atoms with Crippen LogP contribution in [-0.2, 0) is 11.2 Å². The molecular formula is C29H34O4. The molecule has 33 heavy (non-hydrogen) atoms. The van der Waals surface area contributed by atoms with Crippen molar-refractivity contribution in [2.24, 2.45) is 17.3 Å². The zero-order valence-corrected chi connectivity index (χ0v) is 19.7. The Morgan fingerprint density at radius 1 is 1.12 bits per heavy atom. The maximum Gasteiger partial charge on any atom is 0.136 e. The number of aliphatic hydroxyl groups is 2. The van der Waals surface area contributed by atoms with Gasteiger partial charge in [0.15, 0.2) is 0 Å². The van der Waals surface area contributed by atoms with E-state index >= 15 is 0 Å². The smallest absolute Gasteiger partial charge is 0.136 e. The van der Waals surface area contributed by atoms with Crippen molar-refractivity contribution in [3.05, 3.63) is 40.5 Å². The monoisotopic (exact) mass is 446 g/mol. The molecule has 174 valence electrons. The lowest BCUT2D eigenvalue weighted by molar-refractivity contribution is -0.126. The van der Waals surface area contributed by atoms with Crippen LogP contribution < -0.4 is 4.74 Å². The summed E-state index contributed by atoms with van der Waals surface area (Å²) in [5, 5.41) is 23.4. The van der Waals surface area contributed by atoms with Crippen molar-refractivity contribution in [1.82, 2.24) is 0 Å². The van der Waals surface area contributed by atoms with Crippen LogP contribution in [0.5, 0.6) is 5.75 Å². The minimum Gasteiger partial charge on any atom is -0.493 e. The van der Waals surface area contributed by atoms with Gasteiger partial charge in [-0.25, -0.2) is 0 Å². The van der Waals surface area contributed by atoms with E-state index in [1.165, 1.54) is 16.7 Å². The summed E-state index contributed by atoms with van der Waals surface area (Å²) in [5.41, 5.74) is 2.68. The number of allylic oxidation sites excluding steroid dienone is 1. The van der Waals surface area contributed by atoms with Gasteiger partial charge in [-0.05, 0) is 80.1 Å². The van der Waals surface area contributed by atoms with Gasteiger partial charge in [-0.3, -0.25) is 4.79 Å². The first kappa shape index (κ1) is 21.4. The zero-order valence-electron chi connectivity index (χ0n) is 19.7. The van der Waals surface area contributed by atoms with Crippen LogP contribution in [0.15, 0.2) is 29.3 Å². The van der Waals surface area contributed by atoms with Gasteiger partial charge in [-0.1, -0.05) is 30.6 Å². The highest BCUT2D eigenvalue weighted by Gasteiger charge is 2.63. The second kappa shape index (κ2) is 7.20. The molecule has 3 fully saturated rings. The number of carbonyl (C=O) groups is 1. The van der Waals surface area contributed by atoms with Crippen molar-refractivity contribution in [3.8, 4) is 17.6 Å². The normalized spacial score (nSPS) is 41.3. The van der Waals surface area contributed by atoms with E-state index in [1.54, 1.807) is 0 Å². The second-order valence-corrected chi connectivity index (χ2v) is 11.3. The summed E-state index contributed by atoms with van der Waals surface area (Å²) in [6, 6.07) is 6.62. The predicted octanol–water partition coefficient (Wildman–Crippen LogP) is 4.47. The fourth-order valence-corrected chi connectivity index (χ4v) is 8.21. The van der Waals surface area contributed by atoms with Crippen LogP contribution in [0, 0.1) is 29.1 Å². The number of ketones is 1. The van der Waals surface area contributed by atoms with Crippen LogP contribution in [0.25, 0.3) is 0 Å². The predicted molar refractivity (Wildman–Crippen MR) is 126 cm³/mol. The van der Waals surface area contributed by atoms with Crippen molar-refractivity contribution >= 4 is 5.78 Å². The fourth-order valence-electron chi connectivity index (χ4n) is 8.21. The molecule has 1 aromatic rings. The molecule has 4 nitrogen and oxygen atoms in total. The van der Waals surface area contributed by atoms with Crippen molar-refractivity contribution in [2.75, 3.05) is 6.61 Å². The summed E-state index contributed by atoms with van der Waals surface area (Å²) in [6.07, 6.45) is 6.39. The molecule has 0 bridgehead atoms. The van der Waals surface area contributed by atoms with E-state index in [4.69, 9.17) is 4.74 Å². The Kier molecular flexibility index (Phi) is 4.68. The number of rotatable bonds is 1. The van der Waals surface area contributed by atoms with Gasteiger partial charge in [0.2, 0.25) is 0 Å². The van der Waals surface area contributed by atoms with Gasteiger partial charge in [0.05, 0.1) is 12.2 Å². The third-order valence-electron chi connectivity index (χ3n) is 9.85.